The second kappa shape index (κ2) is 5.89. The summed E-state index contributed by atoms with van der Waals surface area (Å²) in [6, 6.07) is -3.21. The van der Waals surface area contributed by atoms with Gasteiger partial charge in [0.25, 0.3) is 5.91 Å². The molecule has 7 nitrogen and oxygen atoms in total. The van der Waals surface area contributed by atoms with Crippen LogP contribution in [0.1, 0.15) is 26.2 Å². The molecule has 0 unspecified atom stereocenters. The second-order valence-corrected chi connectivity index (χ2v) is 5.82. The van der Waals surface area contributed by atoms with E-state index >= 15 is 0 Å². The molecule has 2 fully saturated rings. The molecule has 2 N–H and O–H groups in total. The molecular weight excluding hydrogens is 317 g/mol. The van der Waals surface area contributed by atoms with E-state index in [0.29, 0.717) is 0 Å². The van der Waals surface area contributed by atoms with E-state index in [-0.39, 0.29) is 38.3 Å². The summed E-state index contributed by atoms with van der Waals surface area (Å²) in [7, 11) is 1.36. The molecule has 2 saturated heterocycles. The normalized spacial score (nSPS) is 22.3. The van der Waals surface area contributed by atoms with Crippen molar-refractivity contribution in [3.05, 3.63) is 0 Å². The van der Waals surface area contributed by atoms with Gasteiger partial charge >= 0.3 is 18.2 Å². The Bertz CT molecular complexity index is 515. The fourth-order valence-corrected chi connectivity index (χ4v) is 2.84. The highest BCUT2D eigenvalue weighted by molar-refractivity contribution is 6.06. The van der Waals surface area contributed by atoms with Crippen LogP contribution in [0, 0.1) is 0 Å². The Balaban J connectivity index is 1.96. The molecule has 2 rings (SSSR count). The predicted octanol–water partition coefficient (Wildman–Crippen LogP) is 1.05. The smallest absolute Gasteiger partial charge is 0.326 e. The minimum atomic E-state index is -4.50. The first-order valence-corrected chi connectivity index (χ1v) is 7.33. The van der Waals surface area contributed by atoms with Gasteiger partial charge in [-0.15, -0.1) is 0 Å². The summed E-state index contributed by atoms with van der Waals surface area (Å²) in [6.45, 7) is 1.53. The number of hydrogen-bond donors (Lipinski definition) is 2. The van der Waals surface area contributed by atoms with Crippen LogP contribution in [0.2, 0.25) is 0 Å². The van der Waals surface area contributed by atoms with Gasteiger partial charge in [-0.1, -0.05) is 6.92 Å². The maximum absolute atomic E-state index is 12.7. The molecule has 2 heterocycles. The molecule has 0 aromatic heterocycles. The lowest BCUT2D eigenvalue weighted by atomic mass is 9.87. The molecule has 0 radical (unpaired) electrons. The highest BCUT2D eigenvalue weighted by atomic mass is 19.4. The fourth-order valence-electron chi connectivity index (χ4n) is 2.84. The average Bonchev–Trinajstić information content (AvgIpc) is 2.68. The number of likely N-dealkylation sites (tertiary alicyclic amines) is 1. The number of halogens is 3. The van der Waals surface area contributed by atoms with Gasteiger partial charge < -0.3 is 15.5 Å². The van der Waals surface area contributed by atoms with Crippen LogP contribution in [-0.4, -0.2) is 65.7 Å². The van der Waals surface area contributed by atoms with E-state index in [1.165, 1.54) is 18.9 Å². The summed E-state index contributed by atoms with van der Waals surface area (Å²) in [5.41, 5.74) is -1.04. The van der Waals surface area contributed by atoms with E-state index in [1.54, 1.807) is 0 Å². The first-order valence-electron chi connectivity index (χ1n) is 7.33. The van der Waals surface area contributed by atoms with Gasteiger partial charge in [0.1, 0.15) is 11.6 Å². The third-order valence-corrected chi connectivity index (χ3v) is 4.37. The van der Waals surface area contributed by atoms with Crippen LogP contribution < -0.4 is 10.6 Å². The Morgan fingerprint density at radius 1 is 1.35 bits per heavy atom. The van der Waals surface area contributed by atoms with Gasteiger partial charge in [0.15, 0.2) is 0 Å². The summed E-state index contributed by atoms with van der Waals surface area (Å²) in [5.74, 6) is -0.371. The Kier molecular flexibility index (Phi) is 4.45. The van der Waals surface area contributed by atoms with Crippen molar-refractivity contribution in [3.8, 4) is 0 Å². The summed E-state index contributed by atoms with van der Waals surface area (Å²) in [6.07, 6.45) is -4.40. The summed E-state index contributed by atoms with van der Waals surface area (Å²) >= 11 is 0. The predicted molar refractivity (Wildman–Crippen MR) is 73.5 cm³/mol. The van der Waals surface area contributed by atoms with E-state index in [4.69, 9.17) is 0 Å². The van der Waals surface area contributed by atoms with Crippen LogP contribution in [0.25, 0.3) is 0 Å². The SMILES string of the molecule is CC[C@H](NC(=O)N1CCC2(CC1)NC(=O)N(C)C2=O)C(F)(F)F. The Hall–Kier alpha value is -2.00. The number of urea groups is 2. The minimum Gasteiger partial charge on any atom is -0.326 e. The van der Waals surface area contributed by atoms with Crippen LogP contribution in [0.5, 0.6) is 0 Å². The lowest BCUT2D eigenvalue weighted by Crippen LogP contribution is -2.58. The zero-order chi connectivity index (χ0) is 17.4. The summed E-state index contributed by atoms with van der Waals surface area (Å²) in [4.78, 5) is 37.8. The highest BCUT2D eigenvalue weighted by Gasteiger charge is 2.51. The van der Waals surface area contributed by atoms with E-state index in [1.807, 2.05) is 5.32 Å². The fraction of sp³-hybridized carbons (Fsp3) is 0.769. The summed E-state index contributed by atoms with van der Waals surface area (Å²) in [5, 5.41) is 4.57. The number of carbonyl (C=O) groups excluding carboxylic acids is 3. The van der Waals surface area contributed by atoms with Gasteiger partial charge in [0, 0.05) is 20.1 Å². The van der Waals surface area contributed by atoms with Crippen LogP contribution in [-0.2, 0) is 4.79 Å². The van der Waals surface area contributed by atoms with Gasteiger partial charge in [-0.2, -0.15) is 13.2 Å². The largest absolute Gasteiger partial charge is 0.408 e. The van der Waals surface area contributed by atoms with E-state index in [2.05, 4.69) is 5.32 Å². The number of nitrogens with one attached hydrogen (secondary N) is 2. The third kappa shape index (κ3) is 3.20. The van der Waals surface area contributed by atoms with Crippen molar-refractivity contribution in [1.82, 2.24) is 20.4 Å². The van der Waals surface area contributed by atoms with Crippen LogP contribution in [0.4, 0.5) is 22.8 Å². The maximum atomic E-state index is 12.7. The topological polar surface area (TPSA) is 81.8 Å². The molecule has 1 spiro atoms. The number of hydrogen-bond acceptors (Lipinski definition) is 3. The van der Waals surface area contributed by atoms with E-state index < -0.39 is 29.8 Å². The second-order valence-electron chi connectivity index (χ2n) is 5.82. The molecule has 2 aliphatic heterocycles. The number of alkyl halides is 3. The monoisotopic (exact) mass is 336 g/mol. The molecule has 0 saturated carbocycles. The summed E-state index contributed by atoms with van der Waals surface area (Å²) < 4.78 is 38.1. The Morgan fingerprint density at radius 3 is 2.30 bits per heavy atom. The molecule has 0 aromatic carbocycles. The minimum absolute atomic E-state index is 0.0972. The average molecular weight is 336 g/mol. The highest BCUT2D eigenvalue weighted by Crippen LogP contribution is 2.29. The molecule has 23 heavy (non-hydrogen) atoms. The molecule has 1 atom stereocenters. The molecule has 2 aliphatic rings. The van der Waals surface area contributed by atoms with Crippen LogP contribution >= 0.6 is 0 Å². The quantitative estimate of drug-likeness (QED) is 0.740. The number of imide groups is 1. The van der Waals surface area contributed by atoms with Gasteiger partial charge in [-0.25, -0.2) is 9.59 Å². The first kappa shape index (κ1) is 17.4. The van der Waals surface area contributed by atoms with Crippen molar-refractivity contribution < 1.29 is 27.6 Å². The lowest BCUT2D eigenvalue weighted by molar-refractivity contribution is -0.154. The van der Waals surface area contributed by atoms with Crippen molar-refractivity contribution in [2.24, 2.45) is 0 Å². The van der Waals surface area contributed by atoms with Crippen molar-refractivity contribution in [2.75, 3.05) is 20.1 Å². The zero-order valence-corrected chi connectivity index (χ0v) is 12.9. The van der Waals surface area contributed by atoms with Crippen molar-refractivity contribution in [1.29, 1.82) is 0 Å². The molecular formula is C13H19F3N4O3. The molecule has 5 amide bonds. The standard InChI is InChI=1S/C13H19F3N4O3/c1-3-8(13(14,15)16)17-10(22)20-6-4-12(5-7-20)9(21)19(2)11(23)18-12/h8H,3-7H2,1-2H3,(H,17,22)(H,18,23)/t8-/m0/s1. The number of rotatable bonds is 2. The van der Waals surface area contributed by atoms with Gasteiger partial charge in [0.05, 0.1) is 0 Å². The van der Waals surface area contributed by atoms with Crippen molar-refractivity contribution >= 4 is 18.0 Å². The molecule has 0 bridgehead atoms. The third-order valence-electron chi connectivity index (χ3n) is 4.37. The number of amides is 5. The number of nitrogens with zero attached hydrogens (tertiary/aromatic N) is 2. The number of carbonyl (C=O) groups is 3. The van der Waals surface area contributed by atoms with Gasteiger partial charge in [0.2, 0.25) is 0 Å². The van der Waals surface area contributed by atoms with Gasteiger partial charge in [-0.05, 0) is 19.3 Å². The van der Waals surface area contributed by atoms with Crippen LogP contribution in [0.15, 0.2) is 0 Å². The Morgan fingerprint density at radius 2 is 1.91 bits per heavy atom. The van der Waals surface area contributed by atoms with E-state index in [0.717, 1.165) is 4.90 Å². The van der Waals surface area contributed by atoms with E-state index in [9.17, 15) is 27.6 Å². The van der Waals surface area contributed by atoms with Gasteiger partial charge in [-0.3, -0.25) is 9.69 Å². The molecule has 0 aromatic rings. The maximum Gasteiger partial charge on any atom is 0.408 e. The van der Waals surface area contributed by atoms with Crippen molar-refractivity contribution in [2.45, 2.75) is 43.9 Å². The Labute approximate surface area is 131 Å². The number of likely N-dealkylation sites (N-methyl/N-ethyl adjacent to an activating group) is 1. The van der Waals surface area contributed by atoms with Crippen molar-refractivity contribution in [3.63, 3.8) is 0 Å². The molecule has 130 valence electrons. The first-order chi connectivity index (χ1) is 10.6. The molecule has 0 aliphatic carbocycles. The lowest BCUT2D eigenvalue weighted by Gasteiger charge is -2.37. The van der Waals surface area contributed by atoms with Crippen LogP contribution in [0.3, 0.4) is 0 Å². The number of piperidine rings is 1. The zero-order valence-electron chi connectivity index (χ0n) is 12.9. The molecule has 10 heteroatoms.